The molecule has 0 fully saturated rings. The number of H-pyrrole nitrogens is 1. The van der Waals surface area contributed by atoms with Gasteiger partial charge >= 0.3 is 0 Å². The number of hydrogen-bond acceptors (Lipinski definition) is 4. The number of anilines is 1. The van der Waals surface area contributed by atoms with Gasteiger partial charge in [-0.1, -0.05) is 11.6 Å². The second-order valence-electron chi connectivity index (χ2n) is 4.52. The molecule has 0 aliphatic rings. The Morgan fingerprint density at radius 1 is 1.40 bits per heavy atom. The molecule has 0 radical (unpaired) electrons. The lowest BCUT2D eigenvalue weighted by atomic mass is 10.1. The Bertz CT molecular complexity index is 565. The van der Waals surface area contributed by atoms with Crippen LogP contribution in [0.15, 0.2) is 24.5 Å². The molecule has 1 aromatic carbocycles. The molecule has 1 aromatic heterocycles. The van der Waals surface area contributed by atoms with Gasteiger partial charge in [0.05, 0.1) is 5.56 Å². The second kappa shape index (κ2) is 6.70. The van der Waals surface area contributed by atoms with Crippen molar-refractivity contribution in [1.29, 1.82) is 0 Å². The van der Waals surface area contributed by atoms with Gasteiger partial charge in [-0.25, -0.2) is 4.98 Å². The normalized spacial score (nSPS) is 10.3. The van der Waals surface area contributed by atoms with Crippen LogP contribution in [0.4, 0.5) is 5.69 Å². The highest BCUT2D eigenvalue weighted by Gasteiger charge is 2.11. The van der Waals surface area contributed by atoms with E-state index in [4.69, 9.17) is 0 Å². The highest BCUT2D eigenvalue weighted by molar-refractivity contribution is 5.99. The number of carbonyl (C=O) groups is 1. The van der Waals surface area contributed by atoms with Crippen LogP contribution in [0.2, 0.25) is 0 Å². The molecular weight excluding hydrogens is 254 g/mol. The Kier molecular flexibility index (Phi) is 4.70. The summed E-state index contributed by atoms with van der Waals surface area (Å²) in [6.45, 7) is 5.28. The third kappa shape index (κ3) is 3.57. The van der Waals surface area contributed by atoms with Crippen LogP contribution in [0.25, 0.3) is 0 Å². The van der Waals surface area contributed by atoms with Crippen molar-refractivity contribution in [2.24, 2.45) is 0 Å². The van der Waals surface area contributed by atoms with E-state index in [0.29, 0.717) is 18.5 Å². The van der Waals surface area contributed by atoms with E-state index < -0.39 is 0 Å². The molecule has 0 atom stereocenters. The molecule has 1 amide bonds. The topological polar surface area (TPSA) is 82.7 Å². The summed E-state index contributed by atoms with van der Waals surface area (Å²) in [4.78, 5) is 16.2. The van der Waals surface area contributed by atoms with Crippen LogP contribution in [0, 0.1) is 6.92 Å². The summed E-state index contributed by atoms with van der Waals surface area (Å²) >= 11 is 0. The first-order valence-electron chi connectivity index (χ1n) is 6.67. The van der Waals surface area contributed by atoms with Gasteiger partial charge in [-0.15, -0.1) is 0 Å². The molecule has 1 heterocycles. The Morgan fingerprint density at radius 3 is 2.95 bits per heavy atom. The molecule has 0 saturated heterocycles. The van der Waals surface area contributed by atoms with Gasteiger partial charge in [-0.3, -0.25) is 9.89 Å². The summed E-state index contributed by atoms with van der Waals surface area (Å²) in [6, 6.07) is 5.81. The molecular formula is C14H19N5O. The third-order valence-corrected chi connectivity index (χ3v) is 2.90. The van der Waals surface area contributed by atoms with E-state index in [1.807, 2.05) is 32.0 Å². The van der Waals surface area contributed by atoms with E-state index in [9.17, 15) is 4.79 Å². The molecule has 0 spiro atoms. The number of hydrogen-bond donors (Lipinski definition) is 3. The number of nitrogens with zero attached hydrogens (tertiary/aromatic N) is 2. The molecule has 0 bridgehead atoms. The van der Waals surface area contributed by atoms with E-state index in [-0.39, 0.29) is 5.91 Å². The fourth-order valence-electron chi connectivity index (χ4n) is 1.93. The highest BCUT2D eigenvalue weighted by Crippen LogP contribution is 2.17. The van der Waals surface area contributed by atoms with Gasteiger partial charge in [0, 0.05) is 25.2 Å². The summed E-state index contributed by atoms with van der Waals surface area (Å²) in [5.74, 6) is 0.686. The van der Waals surface area contributed by atoms with E-state index in [0.717, 1.165) is 23.6 Å². The monoisotopic (exact) mass is 273 g/mol. The number of rotatable bonds is 6. The standard InChI is InChI=1S/C14H19N5O/c1-3-15-12-5-4-10(2)8-11(12)14(20)16-7-6-13-17-9-18-19-13/h4-5,8-9,15H,3,6-7H2,1-2H3,(H,16,20)(H,17,18,19). The van der Waals surface area contributed by atoms with Crippen LogP contribution >= 0.6 is 0 Å². The maximum absolute atomic E-state index is 12.2. The van der Waals surface area contributed by atoms with Crippen molar-refractivity contribution in [3.05, 3.63) is 41.5 Å². The minimum Gasteiger partial charge on any atom is -0.385 e. The lowest BCUT2D eigenvalue weighted by molar-refractivity contribution is 0.0954. The van der Waals surface area contributed by atoms with Gasteiger partial charge in [0.1, 0.15) is 12.2 Å². The Labute approximate surface area is 118 Å². The SMILES string of the molecule is CCNc1ccc(C)cc1C(=O)NCCc1ncn[nH]1. The molecule has 0 saturated carbocycles. The lowest BCUT2D eigenvalue weighted by Gasteiger charge is -2.11. The Morgan fingerprint density at radius 2 is 2.25 bits per heavy atom. The molecule has 0 unspecified atom stereocenters. The largest absolute Gasteiger partial charge is 0.385 e. The van der Waals surface area contributed by atoms with E-state index in [2.05, 4.69) is 25.8 Å². The number of carbonyl (C=O) groups excluding carboxylic acids is 1. The predicted molar refractivity (Wildman–Crippen MR) is 77.8 cm³/mol. The maximum Gasteiger partial charge on any atom is 0.253 e. The van der Waals surface area contributed by atoms with Crippen molar-refractivity contribution in [2.45, 2.75) is 20.3 Å². The summed E-state index contributed by atoms with van der Waals surface area (Å²) in [6.07, 6.45) is 2.09. The van der Waals surface area contributed by atoms with Gasteiger partial charge in [0.2, 0.25) is 0 Å². The summed E-state index contributed by atoms with van der Waals surface area (Å²) < 4.78 is 0. The predicted octanol–water partition coefficient (Wildman–Crippen LogP) is 1.52. The third-order valence-electron chi connectivity index (χ3n) is 2.90. The molecule has 0 aliphatic heterocycles. The van der Waals surface area contributed by atoms with Crippen LogP contribution in [0.3, 0.4) is 0 Å². The molecule has 2 aromatic rings. The fourth-order valence-corrected chi connectivity index (χ4v) is 1.93. The Balaban J connectivity index is 1.99. The lowest BCUT2D eigenvalue weighted by Crippen LogP contribution is -2.27. The molecule has 20 heavy (non-hydrogen) atoms. The zero-order valence-corrected chi connectivity index (χ0v) is 11.7. The first kappa shape index (κ1) is 14.0. The van der Waals surface area contributed by atoms with Crippen molar-refractivity contribution >= 4 is 11.6 Å². The summed E-state index contributed by atoms with van der Waals surface area (Å²) in [7, 11) is 0. The Hall–Kier alpha value is -2.37. The number of aromatic nitrogens is 3. The number of amides is 1. The smallest absolute Gasteiger partial charge is 0.253 e. The van der Waals surface area contributed by atoms with Gasteiger partial charge in [0.15, 0.2) is 0 Å². The van der Waals surface area contributed by atoms with Crippen LogP contribution < -0.4 is 10.6 Å². The van der Waals surface area contributed by atoms with E-state index in [1.54, 1.807) is 0 Å². The average molecular weight is 273 g/mol. The highest BCUT2D eigenvalue weighted by atomic mass is 16.1. The molecule has 2 rings (SSSR count). The number of nitrogens with one attached hydrogen (secondary N) is 3. The van der Waals surface area contributed by atoms with Crippen LogP contribution in [0.5, 0.6) is 0 Å². The molecule has 0 aliphatic carbocycles. The van der Waals surface area contributed by atoms with Gasteiger partial charge in [-0.05, 0) is 26.0 Å². The van der Waals surface area contributed by atoms with Crippen molar-refractivity contribution in [3.8, 4) is 0 Å². The molecule has 6 nitrogen and oxygen atoms in total. The zero-order chi connectivity index (χ0) is 14.4. The average Bonchev–Trinajstić information content (AvgIpc) is 2.94. The van der Waals surface area contributed by atoms with Gasteiger partial charge < -0.3 is 10.6 Å². The van der Waals surface area contributed by atoms with Crippen molar-refractivity contribution < 1.29 is 4.79 Å². The van der Waals surface area contributed by atoms with Gasteiger partial charge in [-0.2, -0.15) is 5.10 Å². The number of aromatic amines is 1. The van der Waals surface area contributed by atoms with Crippen molar-refractivity contribution in [1.82, 2.24) is 20.5 Å². The fraction of sp³-hybridized carbons (Fsp3) is 0.357. The van der Waals surface area contributed by atoms with Crippen molar-refractivity contribution in [2.75, 3.05) is 18.4 Å². The minimum atomic E-state index is -0.0795. The first-order valence-corrected chi connectivity index (χ1v) is 6.67. The molecule has 6 heteroatoms. The summed E-state index contributed by atoms with van der Waals surface area (Å²) in [5.41, 5.74) is 2.59. The first-order chi connectivity index (χ1) is 9.70. The second-order valence-corrected chi connectivity index (χ2v) is 4.52. The van der Waals surface area contributed by atoms with Crippen molar-refractivity contribution in [3.63, 3.8) is 0 Å². The number of benzene rings is 1. The minimum absolute atomic E-state index is 0.0795. The molecule has 3 N–H and O–H groups in total. The van der Waals surface area contributed by atoms with Gasteiger partial charge in [0.25, 0.3) is 5.91 Å². The number of aryl methyl sites for hydroxylation is 1. The zero-order valence-electron chi connectivity index (χ0n) is 11.7. The maximum atomic E-state index is 12.2. The van der Waals surface area contributed by atoms with E-state index >= 15 is 0 Å². The van der Waals surface area contributed by atoms with Crippen LogP contribution in [-0.2, 0) is 6.42 Å². The van der Waals surface area contributed by atoms with Crippen LogP contribution in [-0.4, -0.2) is 34.2 Å². The van der Waals surface area contributed by atoms with Crippen LogP contribution in [0.1, 0.15) is 28.7 Å². The van der Waals surface area contributed by atoms with E-state index in [1.165, 1.54) is 6.33 Å². The summed E-state index contributed by atoms with van der Waals surface area (Å²) in [5, 5.41) is 12.6. The molecule has 106 valence electrons. The quantitative estimate of drug-likeness (QED) is 0.745.